The van der Waals surface area contributed by atoms with E-state index in [-0.39, 0.29) is 29.8 Å². The fourth-order valence-corrected chi connectivity index (χ4v) is 2.90. The van der Waals surface area contributed by atoms with Crippen molar-refractivity contribution in [1.29, 1.82) is 0 Å². The highest BCUT2D eigenvalue weighted by Crippen LogP contribution is 2.24. The zero-order chi connectivity index (χ0) is 13.0. The van der Waals surface area contributed by atoms with Crippen LogP contribution in [-0.2, 0) is 9.59 Å². The van der Waals surface area contributed by atoms with Crippen molar-refractivity contribution >= 4 is 11.8 Å². The Morgan fingerprint density at radius 2 is 1.78 bits per heavy atom. The minimum absolute atomic E-state index is 0.00552. The summed E-state index contributed by atoms with van der Waals surface area (Å²) in [5.41, 5.74) is 5.29. The SMILES string of the molecule is NC(=O)C1CCC(NC(=O)C2CCCCN2)CC1. The molecule has 4 N–H and O–H groups in total. The molecule has 1 aliphatic carbocycles. The maximum absolute atomic E-state index is 12.0. The Kier molecular flexibility index (Phi) is 4.58. The van der Waals surface area contributed by atoms with E-state index in [1.807, 2.05) is 0 Å². The predicted octanol–water partition coefficient (Wildman–Crippen LogP) is 0.289. The molecule has 0 aromatic carbocycles. The van der Waals surface area contributed by atoms with E-state index in [0.717, 1.165) is 51.5 Å². The Hall–Kier alpha value is -1.10. The summed E-state index contributed by atoms with van der Waals surface area (Å²) < 4.78 is 0. The molecule has 2 rings (SSSR count). The van der Waals surface area contributed by atoms with Crippen LogP contribution >= 0.6 is 0 Å². The van der Waals surface area contributed by atoms with Gasteiger partial charge in [0.15, 0.2) is 0 Å². The van der Waals surface area contributed by atoms with E-state index < -0.39 is 0 Å². The van der Waals surface area contributed by atoms with Crippen LogP contribution in [0.5, 0.6) is 0 Å². The Labute approximate surface area is 108 Å². The minimum Gasteiger partial charge on any atom is -0.369 e. The number of piperidine rings is 1. The summed E-state index contributed by atoms with van der Waals surface area (Å²) in [6.45, 7) is 0.937. The van der Waals surface area contributed by atoms with Crippen LogP contribution in [0.1, 0.15) is 44.9 Å². The van der Waals surface area contributed by atoms with Crippen molar-refractivity contribution in [3.63, 3.8) is 0 Å². The number of primary amides is 1. The summed E-state index contributed by atoms with van der Waals surface area (Å²) in [6, 6.07) is 0.199. The van der Waals surface area contributed by atoms with Crippen molar-refractivity contribution < 1.29 is 9.59 Å². The Morgan fingerprint density at radius 1 is 1.06 bits per heavy atom. The van der Waals surface area contributed by atoms with Gasteiger partial charge in [-0.1, -0.05) is 6.42 Å². The van der Waals surface area contributed by atoms with Gasteiger partial charge in [0.25, 0.3) is 0 Å². The van der Waals surface area contributed by atoms with E-state index in [2.05, 4.69) is 10.6 Å². The van der Waals surface area contributed by atoms with Crippen molar-refractivity contribution in [2.45, 2.75) is 57.0 Å². The molecule has 1 heterocycles. The average Bonchev–Trinajstić information content (AvgIpc) is 2.40. The summed E-state index contributed by atoms with van der Waals surface area (Å²) in [5, 5.41) is 6.34. The largest absolute Gasteiger partial charge is 0.369 e. The molecule has 2 aliphatic rings. The normalized spacial score (nSPS) is 32.8. The molecule has 0 bridgehead atoms. The van der Waals surface area contributed by atoms with E-state index in [9.17, 15) is 9.59 Å². The predicted molar refractivity (Wildman–Crippen MR) is 68.7 cm³/mol. The van der Waals surface area contributed by atoms with Crippen LogP contribution < -0.4 is 16.4 Å². The summed E-state index contributed by atoms with van der Waals surface area (Å²) in [5.74, 6) is -0.0723. The highest BCUT2D eigenvalue weighted by molar-refractivity contribution is 5.82. The van der Waals surface area contributed by atoms with Crippen LogP contribution in [0.4, 0.5) is 0 Å². The second kappa shape index (κ2) is 6.18. The van der Waals surface area contributed by atoms with E-state index in [4.69, 9.17) is 5.73 Å². The second-order valence-corrected chi connectivity index (χ2v) is 5.46. The van der Waals surface area contributed by atoms with Crippen LogP contribution in [0.25, 0.3) is 0 Å². The van der Waals surface area contributed by atoms with Crippen LogP contribution in [0.15, 0.2) is 0 Å². The minimum atomic E-state index is -0.200. The van der Waals surface area contributed by atoms with Gasteiger partial charge in [-0.3, -0.25) is 9.59 Å². The fourth-order valence-electron chi connectivity index (χ4n) is 2.90. The Bertz CT molecular complexity index is 305. The second-order valence-electron chi connectivity index (χ2n) is 5.46. The number of hydrogen-bond donors (Lipinski definition) is 3. The number of amides is 2. The molecular weight excluding hydrogens is 230 g/mol. The number of hydrogen-bond acceptors (Lipinski definition) is 3. The lowest BCUT2D eigenvalue weighted by atomic mass is 9.85. The first-order valence-corrected chi connectivity index (χ1v) is 7.00. The molecule has 0 radical (unpaired) electrons. The van der Waals surface area contributed by atoms with Gasteiger partial charge in [0, 0.05) is 12.0 Å². The van der Waals surface area contributed by atoms with Gasteiger partial charge in [0.05, 0.1) is 6.04 Å². The first-order valence-electron chi connectivity index (χ1n) is 7.00. The molecular formula is C13H23N3O2. The van der Waals surface area contributed by atoms with Crippen molar-refractivity contribution in [2.75, 3.05) is 6.54 Å². The third-order valence-electron chi connectivity index (χ3n) is 4.10. The lowest BCUT2D eigenvalue weighted by Crippen LogP contribution is -2.50. The molecule has 1 unspecified atom stereocenters. The van der Waals surface area contributed by atoms with Crippen molar-refractivity contribution in [3.05, 3.63) is 0 Å². The quantitative estimate of drug-likeness (QED) is 0.676. The standard InChI is InChI=1S/C13H23N3O2/c14-12(17)9-4-6-10(7-5-9)16-13(18)11-3-1-2-8-15-11/h9-11,15H,1-8H2,(H2,14,17)(H,16,18). The number of nitrogens with one attached hydrogen (secondary N) is 2. The highest BCUT2D eigenvalue weighted by Gasteiger charge is 2.28. The van der Waals surface area contributed by atoms with Gasteiger partial charge >= 0.3 is 0 Å². The monoisotopic (exact) mass is 253 g/mol. The van der Waals surface area contributed by atoms with E-state index in [0.29, 0.717) is 0 Å². The third kappa shape index (κ3) is 3.45. The number of carbonyl (C=O) groups excluding carboxylic acids is 2. The van der Waals surface area contributed by atoms with Crippen LogP contribution in [0.2, 0.25) is 0 Å². The maximum atomic E-state index is 12.0. The molecule has 102 valence electrons. The van der Waals surface area contributed by atoms with Gasteiger partial charge in [0.1, 0.15) is 0 Å². The zero-order valence-electron chi connectivity index (χ0n) is 10.8. The lowest BCUT2D eigenvalue weighted by Gasteiger charge is -2.30. The summed E-state index contributed by atoms with van der Waals surface area (Å²) >= 11 is 0. The average molecular weight is 253 g/mol. The molecule has 5 nitrogen and oxygen atoms in total. The van der Waals surface area contributed by atoms with Crippen molar-refractivity contribution in [2.24, 2.45) is 11.7 Å². The smallest absolute Gasteiger partial charge is 0.237 e. The van der Waals surface area contributed by atoms with Gasteiger partial charge in [-0.15, -0.1) is 0 Å². The molecule has 5 heteroatoms. The number of carbonyl (C=O) groups is 2. The first-order chi connectivity index (χ1) is 8.66. The number of nitrogens with two attached hydrogens (primary N) is 1. The van der Waals surface area contributed by atoms with Crippen LogP contribution in [0, 0.1) is 5.92 Å². The number of rotatable bonds is 3. The molecule has 1 saturated heterocycles. The van der Waals surface area contributed by atoms with Gasteiger partial charge in [0.2, 0.25) is 11.8 Å². The Morgan fingerprint density at radius 3 is 2.33 bits per heavy atom. The fraction of sp³-hybridized carbons (Fsp3) is 0.846. The summed E-state index contributed by atoms with van der Waals surface area (Å²) in [6.07, 6.45) is 6.56. The molecule has 0 aromatic rings. The van der Waals surface area contributed by atoms with Gasteiger partial charge in [-0.25, -0.2) is 0 Å². The molecule has 0 aromatic heterocycles. The van der Waals surface area contributed by atoms with Crippen molar-refractivity contribution in [1.82, 2.24) is 10.6 Å². The third-order valence-corrected chi connectivity index (χ3v) is 4.10. The van der Waals surface area contributed by atoms with Gasteiger partial charge in [-0.2, -0.15) is 0 Å². The topological polar surface area (TPSA) is 84.2 Å². The molecule has 0 spiro atoms. The Balaban J connectivity index is 1.73. The molecule has 1 saturated carbocycles. The summed E-state index contributed by atoms with van der Waals surface area (Å²) in [4.78, 5) is 23.1. The maximum Gasteiger partial charge on any atom is 0.237 e. The zero-order valence-corrected chi connectivity index (χ0v) is 10.8. The van der Waals surface area contributed by atoms with Crippen molar-refractivity contribution in [3.8, 4) is 0 Å². The molecule has 2 fully saturated rings. The van der Waals surface area contributed by atoms with E-state index in [1.54, 1.807) is 0 Å². The molecule has 1 aliphatic heterocycles. The van der Waals surface area contributed by atoms with Crippen LogP contribution in [-0.4, -0.2) is 30.4 Å². The molecule has 18 heavy (non-hydrogen) atoms. The summed E-state index contributed by atoms with van der Waals surface area (Å²) in [7, 11) is 0. The highest BCUT2D eigenvalue weighted by atomic mass is 16.2. The van der Waals surface area contributed by atoms with Crippen LogP contribution in [0.3, 0.4) is 0 Å². The van der Waals surface area contributed by atoms with Gasteiger partial charge in [-0.05, 0) is 45.1 Å². The lowest BCUT2D eigenvalue weighted by molar-refractivity contribution is -0.125. The van der Waals surface area contributed by atoms with Gasteiger partial charge < -0.3 is 16.4 Å². The molecule has 1 atom stereocenters. The van der Waals surface area contributed by atoms with E-state index >= 15 is 0 Å². The first kappa shape index (κ1) is 13.3. The molecule has 2 amide bonds. The van der Waals surface area contributed by atoms with E-state index in [1.165, 1.54) is 0 Å².